The normalized spacial score (nSPS) is 28.8. The average Bonchev–Trinajstić information content (AvgIpc) is 2.82. The minimum atomic E-state index is -0.468. The van der Waals surface area contributed by atoms with Gasteiger partial charge in [0.1, 0.15) is 11.4 Å². The molecule has 0 N–H and O–H groups in total. The number of amides is 1. The highest BCUT2D eigenvalue weighted by Crippen LogP contribution is 2.33. The molecule has 0 radical (unpaired) electrons. The maximum Gasteiger partial charge on any atom is 0.410 e. The van der Waals surface area contributed by atoms with E-state index in [-0.39, 0.29) is 18.1 Å². The van der Waals surface area contributed by atoms with Crippen LogP contribution in [0.1, 0.15) is 52.9 Å². The molecule has 1 heterocycles. The number of hydrogen-bond donors (Lipinski definition) is 0. The summed E-state index contributed by atoms with van der Waals surface area (Å²) in [4.78, 5) is 25.7. The predicted octanol–water partition coefficient (Wildman–Crippen LogP) is 2.76. The molecule has 0 aromatic carbocycles. The van der Waals surface area contributed by atoms with E-state index in [1.807, 2.05) is 20.8 Å². The first-order valence-electron chi connectivity index (χ1n) is 6.91. The van der Waals surface area contributed by atoms with Crippen LogP contribution in [0.2, 0.25) is 0 Å². The lowest BCUT2D eigenvalue weighted by Gasteiger charge is -2.31. The molecule has 0 aromatic heterocycles. The van der Waals surface area contributed by atoms with Crippen LogP contribution >= 0.6 is 0 Å². The summed E-state index contributed by atoms with van der Waals surface area (Å²) >= 11 is 0. The third-order valence-electron chi connectivity index (χ3n) is 3.74. The van der Waals surface area contributed by atoms with E-state index in [1.165, 1.54) is 0 Å². The summed E-state index contributed by atoms with van der Waals surface area (Å²) in [7, 11) is 0. The highest BCUT2D eigenvalue weighted by molar-refractivity contribution is 5.84. The smallest absolute Gasteiger partial charge is 0.410 e. The fourth-order valence-electron chi connectivity index (χ4n) is 3.01. The first kappa shape index (κ1) is 13.4. The number of nitrogens with zero attached hydrogens (tertiary/aromatic N) is 1. The Morgan fingerprint density at radius 1 is 1.28 bits per heavy atom. The molecule has 0 bridgehead atoms. The van der Waals surface area contributed by atoms with Gasteiger partial charge >= 0.3 is 6.09 Å². The Kier molecular flexibility index (Phi) is 3.64. The van der Waals surface area contributed by atoms with Crippen LogP contribution in [0.4, 0.5) is 4.79 Å². The number of ketones is 1. The molecule has 18 heavy (non-hydrogen) atoms. The summed E-state index contributed by atoms with van der Waals surface area (Å²) in [6.45, 7) is 6.34. The van der Waals surface area contributed by atoms with Gasteiger partial charge in [0.05, 0.1) is 0 Å². The number of carbonyl (C=O) groups is 2. The summed E-state index contributed by atoms with van der Waals surface area (Å²) in [5, 5.41) is 0. The number of hydrogen-bond acceptors (Lipinski definition) is 3. The molecule has 2 aliphatic rings. The lowest BCUT2D eigenvalue weighted by Crippen LogP contribution is -2.44. The summed E-state index contributed by atoms with van der Waals surface area (Å²) in [6, 6.07) is 0.0786. The van der Waals surface area contributed by atoms with Gasteiger partial charge in [0.25, 0.3) is 0 Å². The van der Waals surface area contributed by atoms with Crippen molar-refractivity contribution in [3.8, 4) is 0 Å². The van der Waals surface area contributed by atoms with E-state index in [9.17, 15) is 9.59 Å². The molecule has 0 aromatic rings. The van der Waals surface area contributed by atoms with Crippen molar-refractivity contribution in [2.45, 2.75) is 64.5 Å². The average molecular weight is 253 g/mol. The molecule has 4 nitrogen and oxygen atoms in total. The molecular formula is C14H23NO3. The maximum absolute atomic E-state index is 12.1. The molecule has 2 rings (SSSR count). The van der Waals surface area contributed by atoms with Gasteiger partial charge in [-0.05, 0) is 46.5 Å². The standard InChI is InChI=1S/C14H23NO3/c1-14(2,3)18-13(17)15-9-5-7-11(15)10-6-4-8-12(10)16/h10-11H,4-9H2,1-3H3/t10-,11+/m0/s1. The third kappa shape index (κ3) is 2.85. The van der Waals surface area contributed by atoms with Crippen molar-refractivity contribution in [1.82, 2.24) is 4.90 Å². The lowest BCUT2D eigenvalue weighted by molar-refractivity contribution is -0.122. The number of ether oxygens (including phenoxy) is 1. The van der Waals surface area contributed by atoms with Gasteiger partial charge in [-0.25, -0.2) is 4.79 Å². The molecule has 2 atom stereocenters. The Morgan fingerprint density at radius 3 is 2.56 bits per heavy atom. The number of Topliss-reactive ketones (excluding diaryl/α,β-unsaturated/α-hetero) is 1. The molecule has 1 saturated carbocycles. The van der Waals surface area contributed by atoms with Crippen LogP contribution in [0.25, 0.3) is 0 Å². The van der Waals surface area contributed by atoms with Gasteiger partial charge in [0.15, 0.2) is 0 Å². The minimum Gasteiger partial charge on any atom is -0.444 e. The second-order valence-electron chi connectivity index (χ2n) is 6.35. The number of rotatable bonds is 1. The van der Waals surface area contributed by atoms with Crippen molar-refractivity contribution in [2.75, 3.05) is 6.54 Å². The van der Waals surface area contributed by atoms with Crippen LogP contribution in [-0.4, -0.2) is 35.0 Å². The number of carbonyl (C=O) groups excluding carboxylic acids is 2. The van der Waals surface area contributed by atoms with E-state index in [1.54, 1.807) is 4.90 Å². The van der Waals surface area contributed by atoms with Crippen LogP contribution in [0, 0.1) is 5.92 Å². The van der Waals surface area contributed by atoms with Gasteiger partial charge in [0, 0.05) is 24.9 Å². The predicted molar refractivity (Wildman–Crippen MR) is 68.3 cm³/mol. The van der Waals surface area contributed by atoms with E-state index in [0.717, 1.165) is 32.2 Å². The van der Waals surface area contributed by atoms with E-state index in [0.29, 0.717) is 12.2 Å². The topological polar surface area (TPSA) is 46.6 Å². The van der Waals surface area contributed by atoms with Gasteiger partial charge in [-0.2, -0.15) is 0 Å². The fourth-order valence-corrected chi connectivity index (χ4v) is 3.01. The molecule has 4 heteroatoms. The molecule has 1 aliphatic carbocycles. The lowest BCUT2D eigenvalue weighted by atomic mass is 9.95. The van der Waals surface area contributed by atoms with Crippen molar-refractivity contribution in [3.05, 3.63) is 0 Å². The zero-order valence-electron chi connectivity index (χ0n) is 11.6. The third-order valence-corrected chi connectivity index (χ3v) is 3.74. The molecule has 2 fully saturated rings. The Bertz CT molecular complexity index is 345. The maximum atomic E-state index is 12.1. The van der Waals surface area contributed by atoms with Gasteiger partial charge in [0.2, 0.25) is 0 Å². The van der Waals surface area contributed by atoms with Crippen molar-refractivity contribution >= 4 is 11.9 Å². The first-order chi connectivity index (χ1) is 8.38. The van der Waals surface area contributed by atoms with Crippen molar-refractivity contribution in [3.63, 3.8) is 0 Å². The molecule has 1 saturated heterocycles. The number of likely N-dealkylation sites (tertiary alicyclic amines) is 1. The van der Waals surface area contributed by atoms with Gasteiger partial charge in [-0.1, -0.05) is 0 Å². The Morgan fingerprint density at radius 2 is 2.00 bits per heavy atom. The van der Waals surface area contributed by atoms with Gasteiger partial charge in [-0.15, -0.1) is 0 Å². The van der Waals surface area contributed by atoms with E-state index in [2.05, 4.69) is 0 Å². The monoisotopic (exact) mass is 253 g/mol. The second kappa shape index (κ2) is 4.90. The van der Waals surface area contributed by atoms with Crippen molar-refractivity contribution in [2.24, 2.45) is 5.92 Å². The molecule has 0 spiro atoms. The minimum absolute atomic E-state index is 0.0556. The van der Waals surface area contributed by atoms with Crippen molar-refractivity contribution < 1.29 is 14.3 Å². The highest BCUT2D eigenvalue weighted by atomic mass is 16.6. The molecule has 1 aliphatic heterocycles. The highest BCUT2D eigenvalue weighted by Gasteiger charge is 2.41. The van der Waals surface area contributed by atoms with Crippen LogP contribution in [-0.2, 0) is 9.53 Å². The van der Waals surface area contributed by atoms with Gasteiger partial charge < -0.3 is 9.64 Å². The van der Waals surface area contributed by atoms with Crippen LogP contribution < -0.4 is 0 Å². The van der Waals surface area contributed by atoms with Crippen LogP contribution in [0.3, 0.4) is 0 Å². The van der Waals surface area contributed by atoms with E-state index in [4.69, 9.17) is 4.74 Å². The zero-order valence-corrected chi connectivity index (χ0v) is 11.6. The largest absolute Gasteiger partial charge is 0.444 e. The van der Waals surface area contributed by atoms with Crippen molar-refractivity contribution in [1.29, 1.82) is 0 Å². The first-order valence-corrected chi connectivity index (χ1v) is 6.91. The summed E-state index contributed by atoms with van der Waals surface area (Å²) in [5.74, 6) is 0.385. The quantitative estimate of drug-likeness (QED) is 0.722. The SMILES string of the molecule is CC(C)(C)OC(=O)N1CCC[C@@H]1[C@@H]1CCCC1=O. The Hall–Kier alpha value is -1.06. The molecular weight excluding hydrogens is 230 g/mol. The van der Waals surface area contributed by atoms with E-state index >= 15 is 0 Å². The zero-order chi connectivity index (χ0) is 13.3. The van der Waals surface area contributed by atoms with Crippen LogP contribution in [0.5, 0.6) is 0 Å². The fraction of sp³-hybridized carbons (Fsp3) is 0.857. The van der Waals surface area contributed by atoms with Crippen LogP contribution in [0.15, 0.2) is 0 Å². The second-order valence-corrected chi connectivity index (χ2v) is 6.35. The summed E-state index contributed by atoms with van der Waals surface area (Å²) < 4.78 is 5.42. The summed E-state index contributed by atoms with van der Waals surface area (Å²) in [5.41, 5.74) is -0.468. The molecule has 0 unspecified atom stereocenters. The molecule has 102 valence electrons. The van der Waals surface area contributed by atoms with Gasteiger partial charge in [-0.3, -0.25) is 4.79 Å². The van der Waals surface area contributed by atoms with E-state index < -0.39 is 5.60 Å². The summed E-state index contributed by atoms with van der Waals surface area (Å²) in [6.07, 6.45) is 4.25. The molecule has 1 amide bonds. The Labute approximate surface area is 109 Å². The Balaban J connectivity index is 2.03.